The summed E-state index contributed by atoms with van der Waals surface area (Å²) in [6.45, 7) is 4.31. The third-order valence-electron chi connectivity index (χ3n) is 4.99. The van der Waals surface area contributed by atoms with E-state index in [1.807, 2.05) is 42.0 Å². The summed E-state index contributed by atoms with van der Waals surface area (Å²) in [4.78, 5) is 23.4. The summed E-state index contributed by atoms with van der Waals surface area (Å²) < 4.78 is 1.85. The van der Waals surface area contributed by atoms with E-state index in [4.69, 9.17) is 0 Å². The molecule has 1 atom stereocenters. The molecule has 0 unspecified atom stereocenters. The Hall–Kier alpha value is -2.44. The van der Waals surface area contributed by atoms with Crippen LogP contribution in [0.3, 0.4) is 0 Å². The Labute approximate surface area is 154 Å². The molecule has 1 fully saturated rings. The molecule has 1 aliphatic heterocycles. The van der Waals surface area contributed by atoms with Gasteiger partial charge < -0.3 is 10.2 Å². The van der Waals surface area contributed by atoms with Crippen molar-refractivity contribution in [2.45, 2.75) is 45.6 Å². The number of carbonyl (C=O) groups is 1. The fourth-order valence-corrected chi connectivity index (χ4v) is 3.46. The van der Waals surface area contributed by atoms with Crippen molar-refractivity contribution >= 4 is 11.7 Å². The van der Waals surface area contributed by atoms with Crippen molar-refractivity contribution in [3.8, 4) is 0 Å². The van der Waals surface area contributed by atoms with Gasteiger partial charge in [-0.3, -0.25) is 14.5 Å². The number of hydrogen-bond donors (Lipinski definition) is 1. The molecule has 1 amide bonds. The standard InChI is InChI=1S/C19H28N6O/c1-15-5-10-25(23-15)11-7-19(26)24-8-3-4-16(6-9-24)12-17-13-22-18(20-2)14-21-17/h5,10,13-14,16H,3-4,6-9,11-12H2,1-2H3,(H,20,22)/t16-/m0/s1. The van der Waals surface area contributed by atoms with Gasteiger partial charge in [0.2, 0.25) is 5.91 Å². The maximum atomic E-state index is 12.5. The highest BCUT2D eigenvalue weighted by Gasteiger charge is 2.21. The lowest BCUT2D eigenvalue weighted by atomic mass is 9.95. The lowest BCUT2D eigenvalue weighted by Gasteiger charge is -2.20. The van der Waals surface area contributed by atoms with Crippen LogP contribution in [0.5, 0.6) is 0 Å². The molecule has 0 saturated carbocycles. The van der Waals surface area contributed by atoms with E-state index in [2.05, 4.69) is 20.4 Å². The Morgan fingerprint density at radius 2 is 2.15 bits per heavy atom. The summed E-state index contributed by atoms with van der Waals surface area (Å²) in [7, 11) is 1.84. The first-order valence-corrected chi connectivity index (χ1v) is 9.40. The molecular weight excluding hydrogens is 328 g/mol. The molecule has 2 aromatic heterocycles. The van der Waals surface area contributed by atoms with Crippen molar-refractivity contribution in [1.29, 1.82) is 0 Å². The summed E-state index contributed by atoms with van der Waals surface area (Å²) in [5.41, 5.74) is 2.02. The number of nitrogens with zero attached hydrogens (tertiary/aromatic N) is 5. The van der Waals surface area contributed by atoms with Gasteiger partial charge in [0.25, 0.3) is 0 Å². The monoisotopic (exact) mass is 356 g/mol. The second-order valence-corrected chi connectivity index (χ2v) is 7.00. The van der Waals surface area contributed by atoms with E-state index in [1.54, 1.807) is 6.20 Å². The van der Waals surface area contributed by atoms with Crippen molar-refractivity contribution in [2.75, 3.05) is 25.5 Å². The lowest BCUT2D eigenvalue weighted by Crippen LogP contribution is -2.32. The molecule has 3 heterocycles. The van der Waals surface area contributed by atoms with Crippen LogP contribution in [-0.2, 0) is 17.8 Å². The summed E-state index contributed by atoms with van der Waals surface area (Å²) in [5, 5.41) is 7.33. The quantitative estimate of drug-likeness (QED) is 0.859. The second-order valence-electron chi connectivity index (χ2n) is 7.00. The van der Waals surface area contributed by atoms with E-state index in [1.165, 1.54) is 0 Å². The number of aromatic nitrogens is 4. The average molecular weight is 356 g/mol. The molecule has 0 radical (unpaired) electrons. The SMILES string of the molecule is CNc1cnc(C[C@H]2CCCN(C(=O)CCn3ccc(C)n3)CC2)cn1. The zero-order valence-electron chi connectivity index (χ0n) is 15.7. The van der Waals surface area contributed by atoms with Crippen LogP contribution in [0.2, 0.25) is 0 Å². The van der Waals surface area contributed by atoms with Gasteiger partial charge >= 0.3 is 0 Å². The van der Waals surface area contributed by atoms with Gasteiger partial charge in [-0.15, -0.1) is 0 Å². The molecule has 2 aromatic rings. The fraction of sp³-hybridized carbons (Fsp3) is 0.579. The number of carbonyl (C=O) groups excluding carboxylic acids is 1. The molecule has 1 aliphatic rings. The molecule has 7 heteroatoms. The average Bonchev–Trinajstić information content (AvgIpc) is 2.93. The van der Waals surface area contributed by atoms with Crippen molar-refractivity contribution in [2.24, 2.45) is 5.92 Å². The fourth-order valence-electron chi connectivity index (χ4n) is 3.46. The predicted molar refractivity (Wildman–Crippen MR) is 101 cm³/mol. The Bertz CT molecular complexity index is 711. The minimum absolute atomic E-state index is 0.233. The third kappa shape index (κ3) is 5.03. The number of likely N-dealkylation sites (tertiary alicyclic amines) is 1. The minimum atomic E-state index is 0.233. The summed E-state index contributed by atoms with van der Waals surface area (Å²) in [6, 6.07) is 1.97. The van der Waals surface area contributed by atoms with E-state index >= 15 is 0 Å². The molecule has 140 valence electrons. The molecule has 26 heavy (non-hydrogen) atoms. The molecular formula is C19H28N6O. The Morgan fingerprint density at radius 3 is 2.85 bits per heavy atom. The van der Waals surface area contributed by atoms with Gasteiger partial charge in [0.05, 0.1) is 23.8 Å². The summed E-state index contributed by atoms with van der Waals surface area (Å²) >= 11 is 0. The topological polar surface area (TPSA) is 75.9 Å². The molecule has 1 saturated heterocycles. The summed E-state index contributed by atoms with van der Waals surface area (Å²) in [5.74, 6) is 1.59. The van der Waals surface area contributed by atoms with Crippen molar-refractivity contribution in [1.82, 2.24) is 24.6 Å². The van der Waals surface area contributed by atoms with Gasteiger partial charge in [0.15, 0.2) is 0 Å². The minimum Gasteiger partial charge on any atom is -0.372 e. The first-order chi connectivity index (χ1) is 12.6. The van der Waals surface area contributed by atoms with Crippen molar-refractivity contribution in [3.63, 3.8) is 0 Å². The second kappa shape index (κ2) is 8.78. The number of amides is 1. The summed E-state index contributed by atoms with van der Waals surface area (Å²) in [6.07, 6.45) is 10.2. The van der Waals surface area contributed by atoms with E-state index in [0.29, 0.717) is 18.9 Å². The predicted octanol–water partition coefficient (Wildman–Crippen LogP) is 2.28. The van der Waals surface area contributed by atoms with E-state index in [-0.39, 0.29) is 5.91 Å². The molecule has 7 nitrogen and oxygen atoms in total. The van der Waals surface area contributed by atoms with Crippen LogP contribution < -0.4 is 5.32 Å². The van der Waals surface area contributed by atoms with Gasteiger partial charge in [-0.1, -0.05) is 0 Å². The molecule has 1 N–H and O–H groups in total. The maximum absolute atomic E-state index is 12.5. The van der Waals surface area contributed by atoms with Gasteiger partial charge in [-0.05, 0) is 44.6 Å². The van der Waals surface area contributed by atoms with Crippen LogP contribution in [0.25, 0.3) is 0 Å². The molecule has 0 aliphatic carbocycles. The highest BCUT2D eigenvalue weighted by molar-refractivity contribution is 5.76. The van der Waals surface area contributed by atoms with Crippen molar-refractivity contribution in [3.05, 3.63) is 36.0 Å². The lowest BCUT2D eigenvalue weighted by molar-refractivity contribution is -0.131. The van der Waals surface area contributed by atoms with E-state index in [9.17, 15) is 4.79 Å². The number of hydrogen-bond acceptors (Lipinski definition) is 5. The highest BCUT2D eigenvalue weighted by atomic mass is 16.2. The van der Waals surface area contributed by atoms with Crippen LogP contribution in [0.1, 0.15) is 37.1 Å². The first-order valence-electron chi connectivity index (χ1n) is 9.40. The van der Waals surface area contributed by atoms with E-state index in [0.717, 1.165) is 56.0 Å². The zero-order valence-corrected chi connectivity index (χ0v) is 15.7. The molecule has 0 bridgehead atoms. The van der Waals surface area contributed by atoms with E-state index < -0.39 is 0 Å². The molecule has 0 aromatic carbocycles. The van der Waals surface area contributed by atoms with Crippen LogP contribution >= 0.6 is 0 Å². The maximum Gasteiger partial charge on any atom is 0.224 e. The smallest absolute Gasteiger partial charge is 0.224 e. The van der Waals surface area contributed by atoms with Crippen molar-refractivity contribution < 1.29 is 4.79 Å². The first kappa shape index (κ1) is 18.4. The molecule has 3 rings (SSSR count). The van der Waals surface area contributed by atoms with Crippen LogP contribution in [0.4, 0.5) is 5.82 Å². The normalized spacial score (nSPS) is 17.8. The zero-order chi connectivity index (χ0) is 18.4. The highest BCUT2D eigenvalue weighted by Crippen LogP contribution is 2.21. The number of anilines is 1. The van der Waals surface area contributed by atoms with Crippen LogP contribution in [0, 0.1) is 12.8 Å². The molecule has 0 spiro atoms. The van der Waals surface area contributed by atoms with Gasteiger partial charge in [0, 0.05) is 39.3 Å². The van der Waals surface area contributed by atoms with Crippen LogP contribution in [0.15, 0.2) is 24.7 Å². The Morgan fingerprint density at radius 1 is 1.27 bits per heavy atom. The van der Waals surface area contributed by atoms with Gasteiger partial charge in [0.1, 0.15) is 5.82 Å². The van der Waals surface area contributed by atoms with Gasteiger partial charge in [-0.2, -0.15) is 5.10 Å². The number of nitrogens with one attached hydrogen (secondary N) is 1. The largest absolute Gasteiger partial charge is 0.372 e. The third-order valence-corrected chi connectivity index (χ3v) is 4.99. The van der Waals surface area contributed by atoms with Crippen LogP contribution in [-0.4, -0.2) is 50.7 Å². The number of rotatable bonds is 6. The Balaban J connectivity index is 1.46. The number of aryl methyl sites for hydroxylation is 2. The van der Waals surface area contributed by atoms with Gasteiger partial charge in [-0.25, -0.2) is 4.98 Å². The Kier molecular flexibility index (Phi) is 6.20.